The highest BCUT2D eigenvalue weighted by Crippen LogP contribution is 2.45. The van der Waals surface area contributed by atoms with E-state index < -0.39 is 12.1 Å². The zero-order chi connectivity index (χ0) is 20.0. The molecule has 0 saturated heterocycles. The van der Waals surface area contributed by atoms with Crippen molar-refractivity contribution in [3.05, 3.63) is 82.9 Å². The summed E-state index contributed by atoms with van der Waals surface area (Å²) >= 11 is 0. The number of ketones is 1. The van der Waals surface area contributed by atoms with Crippen LogP contribution in [-0.2, 0) is 11.3 Å². The maximum Gasteiger partial charge on any atom is 0.478 e. The van der Waals surface area contributed by atoms with E-state index in [1.54, 1.807) is 24.3 Å². The van der Waals surface area contributed by atoms with E-state index in [0.29, 0.717) is 29.4 Å². The molecular formula is C24H24NO4+2. The van der Waals surface area contributed by atoms with Crippen molar-refractivity contribution >= 4 is 11.8 Å². The minimum absolute atomic E-state index is 0.0602. The Labute approximate surface area is 169 Å². The molecule has 1 radical (unpaired) electrons. The molecule has 5 nitrogen and oxygen atoms in total. The molecule has 5 rings (SSSR count). The normalized spacial score (nSPS) is 29.1. The third-order valence-electron chi connectivity index (χ3n) is 6.65. The fourth-order valence-electron chi connectivity index (χ4n) is 5.10. The lowest BCUT2D eigenvalue weighted by Gasteiger charge is -2.13. The highest BCUT2D eigenvalue weighted by atomic mass is 16.7. The minimum atomic E-state index is -0.587. The average Bonchev–Trinajstić information content (AvgIpc) is 3.43. The number of hydrogen-bond acceptors (Lipinski definition) is 4. The molecule has 147 valence electrons. The van der Waals surface area contributed by atoms with Gasteiger partial charge in [0.15, 0.2) is 6.04 Å². The lowest BCUT2D eigenvalue weighted by molar-refractivity contribution is -0.903. The van der Waals surface area contributed by atoms with Gasteiger partial charge in [0, 0.05) is 12.0 Å². The van der Waals surface area contributed by atoms with Crippen molar-refractivity contribution in [2.75, 3.05) is 0 Å². The quantitative estimate of drug-likeness (QED) is 0.355. The molecule has 1 unspecified atom stereocenters. The number of Topliss-reactive ketones (excluding diaryl/α,β-unsaturated/α-hetero) is 1. The monoisotopic (exact) mass is 390 g/mol. The number of carbonyl (C=O) groups excluding carboxylic acids is 2. The Kier molecular flexibility index (Phi) is 4.57. The first-order valence-corrected chi connectivity index (χ1v) is 10.2. The number of allylic oxidation sites excluding steroid dienone is 2. The average molecular weight is 390 g/mol. The van der Waals surface area contributed by atoms with E-state index in [4.69, 9.17) is 4.84 Å². The molecule has 0 aliphatic heterocycles. The van der Waals surface area contributed by atoms with Crippen LogP contribution in [0.3, 0.4) is 0 Å². The van der Waals surface area contributed by atoms with Crippen LogP contribution in [-0.4, -0.2) is 23.0 Å². The third kappa shape index (κ3) is 3.20. The van der Waals surface area contributed by atoms with Crippen molar-refractivity contribution in [1.82, 2.24) is 0 Å². The van der Waals surface area contributed by atoms with Gasteiger partial charge in [-0.1, -0.05) is 36.4 Å². The second kappa shape index (κ2) is 7.25. The zero-order valence-corrected chi connectivity index (χ0v) is 16.0. The van der Waals surface area contributed by atoms with Crippen molar-refractivity contribution in [1.29, 1.82) is 0 Å². The summed E-state index contributed by atoms with van der Waals surface area (Å²) < 4.78 is 0. The Bertz CT molecular complexity index is 967. The highest BCUT2D eigenvalue weighted by Gasteiger charge is 2.49. The van der Waals surface area contributed by atoms with Crippen LogP contribution in [0.5, 0.6) is 0 Å². The number of nitrogens with two attached hydrogens (primary N) is 1. The summed E-state index contributed by atoms with van der Waals surface area (Å²) in [4.78, 5) is 30.7. The summed E-state index contributed by atoms with van der Waals surface area (Å²) in [6, 6.07) is 14.2. The van der Waals surface area contributed by atoms with Crippen molar-refractivity contribution in [3.8, 4) is 0 Å². The number of hydrogen-bond donors (Lipinski definition) is 2. The second-order valence-electron chi connectivity index (χ2n) is 8.29. The lowest BCUT2D eigenvalue weighted by Crippen LogP contribution is -2.86. The van der Waals surface area contributed by atoms with Crippen LogP contribution in [0.2, 0.25) is 0 Å². The summed E-state index contributed by atoms with van der Waals surface area (Å²) in [5.41, 5.74) is 4.55. The predicted octanol–water partition coefficient (Wildman–Crippen LogP) is 2.38. The van der Waals surface area contributed by atoms with E-state index in [1.807, 2.05) is 24.3 Å². The Morgan fingerprint density at radius 3 is 2.34 bits per heavy atom. The molecule has 5 heteroatoms. The number of rotatable bonds is 5. The van der Waals surface area contributed by atoms with Gasteiger partial charge < -0.3 is 5.11 Å². The van der Waals surface area contributed by atoms with E-state index in [-0.39, 0.29) is 17.7 Å². The lowest BCUT2D eigenvalue weighted by atomic mass is 9.88. The van der Waals surface area contributed by atoms with Gasteiger partial charge in [0.1, 0.15) is 12.0 Å². The first-order chi connectivity index (χ1) is 14.1. The largest absolute Gasteiger partial charge is 0.478 e. The molecular weight excluding hydrogens is 366 g/mol. The number of aliphatic hydroxyl groups is 1. The number of carbonyl (C=O) groups is 2. The molecule has 0 aromatic heterocycles. The Hall–Kier alpha value is -2.76. The van der Waals surface area contributed by atoms with E-state index in [9.17, 15) is 14.7 Å². The van der Waals surface area contributed by atoms with Gasteiger partial charge in [-0.05, 0) is 54.5 Å². The molecule has 3 aliphatic rings. The van der Waals surface area contributed by atoms with Crippen LogP contribution < -0.4 is 5.48 Å². The zero-order valence-electron chi connectivity index (χ0n) is 16.0. The molecule has 0 amide bonds. The van der Waals surface area contributed by atoms with Gasteiger partial charge in [-0.3, -0.25) is 4.84 Å². The summed E-state index contributed by atoms with van der Waals surface area (Å²) in [7, 11) is 0. The topological polar surface area (TPSA) is 83.0 Å². The summed E-state index contributed by atoms with van der Waals surface area (Å²) in [5.74, 6) is 0.479. The van der Waals surface area contributed by atoms with Gasteiger partial charge in [-0.2, -0.15) is 0 Å². The third-order valence-corrected chi connectivity index (χ3v) is 6.65. The highest BCUT2D eigenvalue weighted by molar-refractivity contribution is 6.00. The van der Waals surface area contributed by atoms with Crippen molar-refractivity contribution in [2.24, 2.45) is 17.8 Å². The second-order valence-corrected chi connectivity index (χ2v) is 8.29. The Morgan fingerprint density at radius 1 is 1.00 bits per heavy atom. The number of aliphatic hydroxyl groups excluding tert-OH is 1. The molecule has 0 heterocycles. The predicted molar refractivity (Wildman–Crippen MR) is 106 cm³/mol. The molecule has 3 aliphatic carbocycles. The molecule has 1 saturated carbocycles. The van der Waals surface area contributed by atoms with Gasteiger partial charge in [0.25, 0.3) is 0 Å². The smallest absolute Gasteiger partial charge is 0.386 e. The van der Waals surface area contributed by atoms with Gasteiger partial charge in [-0.15, -0.1) is 5.48 Å². The SMILES string of the molecule is O=C(O[NH2+][C@H]1c2ccccc2C[C@H]1O)c1ccc(C(=[O+])C2[C@@H]3C=C[C@H]2CC3)cc1. The van der Waals surface area contributed by atoms with Crippen LogP contribution in [0.15, 0.2) is 60.7 Å². The maximum atomic E-state index is 12.9. The number of quaternary nitrogens is 1. The summed E-state index contributed by atoms with van der Waals surface area (Å²) in [6.07, 6.45) is 6.50. The van der Waals surface area contributed by atoms with Crippen LogP contribution in [0.4, 0.5) is 0 Å². The number of benzene rings is 2. The molecule has 2 aromatic rings. The first-order valence-electron chi connectivity index (χ1n) is 10.2. The van der Waals surface area contributed by atoms with Crippen molar-refractivity contribution in [3.63, 3.8) is 0 Å². The fourth-order valence-corrected chi connectivity index (χ4v) is 5.10. The van der Waals surface area contributed by atoms with E-state index in [1.165, 1.54) is 5.48 Å². The standard InChI is InChI=1S/C24H23NO4/c26-20-13-18-3-1-2-4-19(18)22(20)25-29-24(28)17-11-9-16(10-12-17)23(27)21-14-5-6-15(21)8-7-14/h1-6,9-12,14-15,20-22,25-26H,7-8,13H2/q+1/p+1/t14-,15+,20-,21?,22+/m1/s1. The van der Waals surface area contributed by atoms with Crippen molar-refractivity contribution < 1.29 is 25.0 Å². The molecule has 5 atom stereocenters. The Morgan fingerprint density at radius 2 is 1.66 bits per heavy atom. The molecule has 2 aromatic carbocycles. The molecule has 3 N–H and O–H groups in total. The maximum absolute atomic E-state index is 12.9. The van der Waals surface area contributed by atoms with Crippen LogP contribution in [0.1, 0.15) is 50.7 Å². The first kappa shape index (κ1) is 18.3. The Balaban J connectivity index is 1.23. The van der Waals surface area contributed by atoms with Crippen molar-refractivity contribution in [2.45, 2.75) is 31.4 Å². The summed E-state index contributed by atoms with van der Waals surface area (Å²) in [6.45, 7) is 0. The van der Waals surface area contributed by atoms with E-state index in [2.05, 4.69) is 12.2 Å². The van der Waals surface area contributed by atoms with Crippen LogP contribution in [0.25, 0.3) is 0 Å². The van der Waals surface area contributed by atoms with Gasteiger partial charge >= 0.3 is 11.8 Å². The minimum Gasteiger partial charge on any atom is -0.386 e. The molecule has 1 fully saturated rings. The van der Waals surface area contributed by atoms with Gasteiger partial charge in [0.2, 0.25) is 4.79 Å². The molecule has 29 heavy (non-hydrogen) atoms. The van der Waals surface area contributed by atoms with Gasteiger partial charge in [0.05, 0.1) is 11.1 Å². The molecule has 2 bridgehead atoms. The van der Waals surface area contributed by atoms with Gasteiger partial charge in [-0.25, -0.2) is 4.79 Å². The molecule has 0 spiro atoms. The van der Waals surface area contributed by atoms with E-state index >= 15 is 0 Å². The number of fused-ring (bicyclic) bond motifs is 3. The number of hydroxylamine groups is 1. The van der Waals surface area contributed by atoms with Crippen LogP contribution >= 0.6 is 0 Å². The van der Waals surface area contributed by atoms with E-state index in [0.717, 1.165) is 24.0 Å². The summed E-state index contributed by atoms with van der Waals surface area (Å²) in [5, 5.41) is 10.3. The van der Waals surface area contributed by atoms with Crippen LogP contribution in [0, 0.1) is 17.8 Å². The fraction of sp³-hybridized carbons (Fsp3) is 0.333.